The highest BCUT2D eigenvalue weighted by Crippen LogP contribution is 2.31. The van der Waals surface area contributed by atoms with E-state index in [1.165, 1.54) is 0 Å². The summed E-state index contributed by atoms with van der Waals surface area (Å²) in [6.07, 6.45) is 4.26. The van der Waals surface area contributed by atoms with Crippen molar-refractivity contribution in [3.05, 3.63) is 65.2 Å². The summed E-state index contributed by atoms with van der Waals surface area (Å²) in [6, 6.07) is 15.6. The lowest BCUT2D eigenvalue weighted by molar-refractivity contribution is -0.121. The molecule has 4 rings (SSSR count). The van der Waals surface area contributed by atoms with E-state index in [0.717, 1.165) is 27.7 Å². The Kier molecular flexibility index (Phi) is 5.20. The van der Waals surface area contributed by atoms with Crippen LogP contribution in [0.15, 0.2) is 63.8 Å². The predicted molar refractivity (Wildman–Crippen MR) is 115 cm³/mol. The number of benzene rings is 2. The van der Waals surface area contributed by atoms with Crippen molar-refractivity contribution in [2.24, 2.45) is 15.3 Å². The summed E-state index contributed by atoms with van der Waals surface area (Å²) in [6.45, 7) is 2.58. The van der Waals surface area contributed by atoms with Crippen LogP contribution in [0.3, 0.4) is 0 Å². The van der Waals surface area contributed by atoms with E-state index < -0.39 is 0 Å². The second-order valence-corrected chi connectivity index (χ2v) is 6.71. The van der Waals surface area contributed by atoms with Crippen LogP contribution in [0.2, 0.25) is 0 Å². The van der Waals surface area contributed by atoms with Crippen molar-refractivity contribution in [3.8, 4) is 5.88 Å². The van der Waals surface area contributed by atoms with Gasteiger partial charge in [0.1, 0.15) is 0 Å². The molecule has 2 N–H and O–H groups in total. The molecule has 0 atom stereocenters. The maximum Gasteiger partial charge on any atom is 0.240 e. The smallest absolute Gasteiger partial charge is 0.240 e. The molecule has 0 unspecified atom stereocenters. The number of hydrogen-bond donors (Lipinski definition) is 2. The van der Waals surface area contributed by atoms with Crippen molar-refractivity contribution < 1.29 is 9.90 Å². The first-order chi connectivity index (χ1) is 14.2. The quantitative estimate of drug-likeness (QED) is 0.519. The van der Waals surface area contributed by atoms with Gasteiger partial charge in [-0.2, -0.15) is 15.3 Å². The van der Waals surface area contributed by atoms with E-state index in [9.17, 15) is 9.90 Å². The number of rotatable bonds is 5. The first-order valence-electron chi connectivity index (χ1n) is 9.50. The van der Waals surface area contributed by atoms with Gasteiger partial charge in [0, 0.05) is 24.8 Å². The van der Waals surface area contributed by atoms with Crippen molar-refractivity contribution in [2.75, 3.05) is 0 Å². The number of carbonyl (C=O) groups is 1. The average Bonchev–Trinajstić information content (AvgIpc) is 3.02. The molecule has 0 bridgehead atoms. The Morgan fingerprint density at radius 3 is 2.66 bits per heavy atom. The van der Waals surface area contributed by atoms with E-state index >= 15 is 0 Å². The molecule has 2 heterocycles. The fourth-order valence-corrected chi connectivity index (χ4v) is 3.40. The highest BCUT2D eigenvalue weighted by molar-refractivity contribution is 6.09. The molecule has 0 radical (unpaired) electrons. The van der Waals surface area contributed by atoms with Gasteiger partial charge < -0.3 is 9.67 Å². The minimum Gasteiger partial charge on any atom is -0.494 e. The number of fused-ring (bicyclic) bond motifs is 1. The lowest BCUT2D eigenvalue weighted by Gasteiger charge is -2.12. The summed E-state index contributed by atoms with van der Waals surface area (Å²) in [5.74, 6) is 0.0798. The molecule has 3 aromatic rings. The van der Waals surface area contributed by atoms with E-state index in [2.05, 4.69) is 20.7 Å². The zero-order valence-corrected chi connectivity index (χ0v) is 16.0. The minimum atomic E-state index is -0.0704. The molecular weight excluding hydrogens is 366 g/mol. The zero-order chi connectivity index (χ0) is 20.2. The molecule has 0 saturated heterocycles. The van der Waals surface area contributed by atoms with Gasteiger partial charge in [0.05, 0.1) is 29.2 Å². The van der Waals surface area contributed by atoms with E-state index in [1.54, 1.807) is 12.4 Å². The molecule has 29 heavy (non-hydrogen) atoms. The number of hydrazone groups is 1. The van der Waals surface area contributed by atoms with Gasteiger partial charge in [-0.05, 0) is 24.1 Å². The third-order valence-electron chi connectivity index (χ3n) is 4.89. The van der Waals surface area contributed by atoms with Gasteiger partial charge in [-0.3, -0.25) is 4.79 Å². The van der Waals surface area contributed by atoms with Crippen molar-refractivity contribution in [3.63, 3.8) is 0 Å². The molecule has 7 nitrogen and oxygen atoms in total. The van der Waals surface area contributed by atoms with Gasteiger partial charge >= 0.3 is 0 Å². The molecule has 7 heteroatoms. The second kappa shape index (κ2) is 8.10. The van der Waals surface area contributed by atoms with Crippen LogP contribution < -0.4 is 5.43 Å². The van der Waals surface area contributed by atoms with Gasteiger partial charge in [-0.1, -0.05) is 42.5 Å². The third kappa shape index (κ3) is 3.80. The lowest BCUT2D eigenvalue weighted by atomic mass is 10.0. The Labute approximate surface area is 168 Å². The molecule has 0 saturated carbocycles. The largest absolute Gasteiger partial charge is 0.494 e. The third-order valence-corrected chi connectivity index (χ3v) is 4.89. The normalized spacial score (nSPS) is 14.7. The Bertz CT molecular complexity index is 1140. The Morgan fingerprint density at radius 2 is 1.93 bits per heavy atom. The number of nitrogens with one attached hydrogen (secondary N) is 1. The second-order valence-electron chi connectivity index (χ2n) is 6.71. The number of hydrogen-bond acceptors (Lipinski definition) is 5. The summed E-state index contributed by atoms with van der Waals surface area (Å²) in [7, 11) is 0. The minimum absolute atomic E-state index is 0.0704. The molecule has 1 amide bonds. The molecular formula is C22H21N5O2. The van der Waals surface area contributed by atoms with Crippen LogP contribution in [-0.2, 0) is 11.3 Å². The van der Waals surface area contributed by atoms with Crippen molar-refractivity contribution in [2.45, 2.75) is 26.3 Å². The number of amides is 1. The average molecular weight is 387 g/mol. The van der Waals surface area contributed by atoms with Gasteiger partial charge in [-0.25, -0.2) is 5.43 Å². The highest BCUT2D eigenvalue weighted by Gasteiger charge is 2.18. The van der Waals surface area contributed by atoms with Crippen molar-refractivity contribution in [1.82, 2.24) is 9.99 Å². The molecule has 0 spiro atoms. The van der Waals surface area contributed by atoms with Crippen LogP contribution in [0.5, 0.6) is 5.88 Å². The molecule has 1 aromatic heterocycles. The molecule has 146 valence electrons. The first-order valence-corrected chi connectivity index (χ1v) is 9.50. The summed E-state index contributed by atoms with van der Waals surface area (Å²) in [5.41, 5.74) is 6.75. The Morgan fingerprint density at radius 1 is 1.14 bits per heavy atom. The summed E-state index contributed by atoms with van der Waals surface area (Å²) in [5, 5.41) is 23.9. The number of carbonyl (C=O) groups excluding carboxylic acids is 1. The standard InChI is InChI=1S/C22H21N5O2/c1-2-27-20-12-16(19-10-11-21(28)26-25-19)8-9-17(20)18(22(27)29)14-24-23-13-15-6-4-3-5-7-15/h3-9,12-14,29H,2,10-11H2,1H3,(H,26,28). The maximum absolute atomic E-state index is 11.3. The lowest BCUT2D eigenvalue weighted by Crippen LogP contribution is -2.25. The van der Waals surface area contributed by atoms with Crippen LogP contribution >= 0.6 is 0 Å². The number of aromatic hydroxyl groups is 1. The summed E-state index contributed by atoms with van der Waals surface area (Å²) >= 11 is 0. The van der Waals surface area contributed by atoms with Crippen molar-refractivity contribution in [1.29, 1.82) is 0 Å². The van der Waals surface area contributed by atoms with Crippen molar-refractivity contribution >= 4 is 35.0 Å². The first kappa shape index (κ1) is 18.6. The van der Waals surface area contributed by atoms with Crippen LogP contribution in [0.25, 0.3) is 10.9 Å². The molecule has 1 aliphatic rings. The van der Waals surface area contributed by atoms with Gasteiger partial charge in [-0.15, -0.1) is 0 Å². The molecule has 0 aliphatic carbocycles. The van der Waals surface area contributed by atoms with E-state index in [1.807, 2.05) is 60.0 Å². The highest BCUT2D eigenvalue weighted by atomic mass is 16.3. The number of aryl methyl sites for hydroxylation is 1. The molecule has 2 aromatic carbocycles. The number of aromatic nitrogens is 1. The van der Waals surface area contributed by atoms with Gasteiger partial charge in [0.2, 0.25) is 11.8 Å². The van der Waals surface area contributed by atoms with Gasteiger partial charge in [0.25, 0.3) is 0 Å². The van der Waals surface area contributed by atoms with Crippen LogP contribution in [0.4, 0.5) is 0 Å². The maximum atomic E-state index is 11.3. The monoisotopic (exact) mass is 387 g/mol. The molecule has 0 fully saturated rings. The topological polar surface area (TPSA) is 91.3 Å². The van der Waals surface area contributed by atoms with Crippen LogP contribution in [0, 0.1) is 0 Å². The van der Waals surface area contributed by atoms with Crippen LogP contribution in [-0.4, -0.2) is 33.7 Å². The van der Waals surface area contributed by atoms with E-state index in [-0.39, 0.29) is 11.8 Å². The fourth-order valence-electron chi connectivity index (χ4n) is 3.40. The SMILES string of the molecule is CCn1c(O)c(C=NN=Cc2ccccc2)c2ccc(C3=NNC(=O)CC3)cc21. The Hall–Kier alpha value is -3.74. The van der Waals surface area contributed by atoms with E-state index in [0.29, 0.717) is 24.9 Å². The predicted octanol–water partition coefficient (Wildman–Crippen LogP) is 3.43. The zero-order valence-electron chi connectivity index (χ0n) is 16.0. The fraction of sp³-hybridized carbons (Fsp3) is 0.182. The summed E-state index contributed by atoms with van der Waals surface area (Å²) in [4.78, 5) is 11.3. The van der Waals surface area contributed by atoms with E-state index in [4.69, 9.17) is 0 Å². The number of nitrogens with zero attached hydrogens (tertiary/aromatic N) is 4. The molecule has 1 aliphatic heterocycles. The van der Waals surface area contributed by atoms with Gasteiger partial charge in [0.15, 0.2) is 0 Å². The van der Waals surface area contributed by atoms with Crippen LogP contribution in [0.1, 0.15) is 36.5 Å². The summed E-state index contributed by atoms with van der Waals surface area (Å²) < 4.78 is 1.82. The Balaban J connectivity index is 1.68.